The summed E-state index contributed by atoms with van der Waals surface area (Å²) >= 11 is 0. The van der Waals surface area contributed by atoms with E-state index in [0.717, 1.165) is 4.90 Å². The number of urea groups is 1. The first-order valence-corrected chi connectivity index (χ1v) is 13.6. The number of nitrogens with zero attached hydrogens (tertiary/aromatic N) is 4. The van der Waals surface area contributed by atoms with Gasteiger partial charge in [-0.25, -0.2) is 9.18 Å². The van der Waals surface area contributed by atoms with Crippen LogP contribution in [0.1, 0.15) is 53.2 Å². The Hall–Kier alpha value is -3.84. The van der Waals surface area contributed by atoms with Gasteiger partial charge in [0.2, 0.25) is 0 Å². The maximum atomic E-state index is 14.1. The summed E-state index contributed by atoms with van der Waals surface area (Å²) in [5, 5.41) is 0. The van der Waals surface area contributed by atoms with E-state index in [1.807, 2.05) is 4.90 Å². The predicted octanol–water partition coefficient (Wildman–Crippen LogP) is 6.19. The summed E-state index contributed by atoms with van der Waals surface area (Å²) in [5.74, 6) is -1.05. The number of halogens is 7. The average Bonchev–Trinajstić information content (AvgIpc) is 3.56. The summed E-state index contributed by atoms with van der Waals surface area (Å²) in [4.78, 5) is 34.1. The van der Waals surface area contributed by atoms with Crippen molar-refractivity contribution in [1.82, 2.24) is 14.7 Å². The molecule has 0 aliphatic carbocycles. The average molecular weight is 615 g/mol. The molecular formula is C29H29F7N4O3. The van der Waals surface area contributed by atoms with Crippen molar-refractivity contribution in [3.05, 3.63) is 70.0 Å². The van der Waals surface area contributed by atoms with Gasteiger partial charge >= 0.3 is 18.4 Å². The van der Waals surface area contributed by atoms with Gasteiger partial charge in [-0.05, 0) is 73.2 Å². The molecule has 0 bridgehead atoms. The molecule has 0 saturated carbocycles. The molecule has 2 saturated heterocycles. The maximum Gasteiger partial charge on any atom is 0.416 e. The van der Waals surface area contributed by atoms with Crippen molar-refractivity contribution >= 4 is 18.0 Å². The van der Waals surface area contributed by atoms with Crippen LogP contribution in [-0.4, -0.2) is 65.9 Å². The summed E-state index contributed by atoms with van der Waals surface area (Å²) in [6, 6.07) is 3.32. The molecule has 0 spiro atoms. The lowest BCUT2D eigenvalue weighted by atomic mass is 9.78. The van der Waals surface area contributed by atoms with Crippen LogP contribution in [0.15, 0.2) is 41.4 Å². The van der Waals surface area contributed by atoms with Gasteiger partial charge in [0, 0.05) is 32.6 Å². The van der Waals surface area contributed by atoms with Crippen molar-refractivity contribution in [2.24, 2.45) is 16.8 Å². The minimum Gasteiger partial charge on any atom is -0.455 e. The maximum absolute atomic E-state index is 14.1. The zero-order chi connectivity index (χ0) is 31.4. The normalized spacial score (nSPS) is 23.2. The van der Waals surface area contributed by atoms with Gasteiger partial charge in [-0.15, -0.1) is 0 Å². The van der Waals surface area contributed by atoms with Crippen LogP contribution in [0.3, 0.4) is 0 Å². The quantitative estimate of drug-likeness (QED) is 0.387. The van der Waals surface area contributed by atoms with Gasteiger partial charge in [0.05, 0.1) is 23.2 Å². The minimum atomic E-state index is -5.03. The van der Waals surface area contributed by atoms with Crippen molar-refractivity contribution in [3.63, 3.8) is 0 Å². The summed E-state index contributed by atoms with van der Waals surface area (Å²) in [5.41, 5.74) is -2.01. The van der Waals surface area contributed by atoms with E-state index in [1.165, 1.54) is 26.1 Å². The Morgan fingerprint density at radius 3 is 2.26 bits per heavy atom. The molecule has 0 radical (unpaired) electrons. The molecule has 2 fully saturated rings. The number of benzene rings is 2. The van der Waals surface area contributed by atoms with Gasteiger partial charge in [0.1, 0.15) is 5.82 Å². The van der Waals surface area contributed by atoms with E-state index < -0.39 is 53.3 Å². The van der Waals surface area contributed by atoms with E-state index in [2.05, 4.69) is 4.99 Å². The molecule has 43 heavy (non-hydrogen) atoms. The molecule has 232 valence electrons. The topological polar surface area (TPSA) is 65.5 Å². The number of likely N-dealkylation sites (tertiary alicyclic amines) is 2. The molecule has 0 N–H and O–H groups in total. The van der Waals surface area contributed by atoms with Gasteiger partial charge in [0.25, 0.3) is 11.9 Å². The van der Waals surface area contributed by atoms with Crippen LogP contribution in [0, 0.1) is 24.6 Å². The number of hydrogen-bond donors (Lipinski definition) is 0. The second-order valence-corrected chi connectivity index (χ2v) is 11.2. The largest absolute Gasteiger partial charge is 0.455 e. The number of alkyl halides is 6. The first-order valence-electron chi connectivity index (χ1n) is 13.6. The number of aliphatic imine (C=N–C) groups is 1. The van der Waals surface area contributed by atoms with Crippen LogP contribution in [0.25, 0.3) is 0 Å². The second kappa shape index (κ2) is 11.0. The van der Waals surface area contributed by atoms with Gasteiger partial charge in [-0.1, -0.05) is 6.07 Å². The number of amides is 3. The van der Waals surface area contributed by atoms with Crippen molar-refractivity contribution in [2.75, 3.05) is 33.3 Å². The molecule has 7 nitrogen and oxygen atoms in total. The number of fused-ring (bicyclic) bond motifs is 1. The van der Waals surface area contributed by atoms with E-state index in [4.69, 9.17) is 4.74 Å². The number of carbonyl (C=O) groups excluding carboxylic acids is 2. The van der Waals surface area contributed by atoms with Crippen LogP contribution in [0.4, 0.5) is 35.5 Å². The molecule has 14 heteroatoms. The fraction of sp³-hybridized carbons (Fsp3) is 0.483. The molecule has 2 aromatic carbocycles. The Labute approximate surface area is 242 Å². The van der Waals surface area contributed by atoms with Crippen molar-refractivity contribution in [3.8, 4) is 0 Å². The fourth-order valence-corrected chi connectivity index (χ4v) is 6.25. The van der Waals surface area contributed by atoms with Crippen LogP contribution in [0.2, 0.25) is 0 Å². The molecule has 2 aromatic rings. The van der Waals surface area contributed by atoms with E-state index in [1.54, 1.807) is 17.9 Å². The van der Waals surface area contributed by atoms with Crippen LogP contribution < -0.4 is 0 Å². The van der Waals surface area contributed by atoms with E-state index >= 15 is 0 Å². The number of rotatable bonds is 3. The zero-order valence-corrected chi connectivity index (χ0v) is 23.5. The molecule has 3 amide bonds. The van der Waals surface area contributed by atoms with Crippen molar-refractivity contribution < 1.29 is 45.1 Å². The van der Waals surface area contributed by atoms with E-state index in [0.29, 0.717) is 42.8 Å². The highest BCUT2D eigenvalue weighted by Gasteiger charge is 2.48. The second-order valence-electron chi connectivity index (χ2n) is 11.2. The number of carbonyl (C=O) groups is 2. The Balaban J connectivity index is 1.48. The molecule has 3 aliphatic rings. The van der Waals surface area contributed by atoms with E-state index in [-0.39, 0.29) is 42.6 Å². The number of amidine groups is 1. The highest BCUT2D eigenvalue weighted by Crippen LogP contribution is 2.46. The molecule has 0 aromatic heterocycles. The lowest BCUT2D eigenvalue weighted by Gasteiger charge is -2.45. The summed E-state index contributed by atoms with van der Waals surface area (Å²) in [7, 11) is 1.33. The number of aryl methyl sites for hydroxylation is 1. The third kappa shape index (κ3) is 6.00. The third-order valence-electron chi connectivity index (χ3n) is 8.56. The van der Waals surface area contributed by atoms with Crippen molar-refractivity contribution in [2.45, 2.75) is 44.7 Å². The zero-order valence-electron chi connectivity index (χ0n) is 23.5. The van der Waals surface area contributed by atoms with E-state index in [9.17, 15) is 40.3 Å². The highest BCUT2D eigenvalue weighted by molar-refractivity contribution is 5.96. The first kappa shape index (κ1) is 30.6. The molecule has 3 heterocycles. The molecule has 4 atom stereocenters. The number of ether oxygens (including phenoxy) is 1. The van der Waals surface area contributed by atoms with Crippen LogP contribution >= 0.6 is 0 Å². The Morgan fingerprint density at radius 1 is 1.05 bits per heavy atom. The van der Waals surface area contributed by atoms with Crippen molar-refractivity contribution in [1.29, 1.82) is 0 Å². The first-order chi connectivity index (χ1) is 20.0. The molecular weight excluding hydrogens is 585 g/mol. The third-order valence-corrected chi connectivity index (χ3v) is 8.56. The van der Waals surface area contributed by atoms with Gasteiger partial charge in [-0.2, -0.15) is 31.3 Å². The van der Waals surface area contributed by atoms with Gasteiger partial charge in [-0.3, -0.25) is 4.79 Å². The SMILES string of the molecule is Cc1cc(F)ccc1[C@H]1[C@@H]2CN(C3=NC(=O)CO3)C[C@H]2CCN1C(=O)N(C)[C@H](C)c1cc(C(F)(F)F)cc(C(F)(F)F)c1. The Kier molecular flexibility index (Phi) is 7.84. The van der Waals surface area contributed by atoms with Gasteiger partial charge in [0.15, 0.2) is 6.61 Å². The Bertz CT molecular complexity index is 1430. The summed E-state index contributed by atoms with van der Waals surface area (Å²) in [6.45, 7) is 4.00. The molecule has 3 aliphatic heterocycles. The highest BCUT2D eigenvalue weighted by atomic mass is 19.4. The van der Waals surface area contributed by atoms with Crippen LogP contribution in [0.5, 0.6) is 0 Å². The molecule has 0 unspecified atom stereocenters. The smallest absolute Gasteiger partial charge is 0.416 e. The minimum absolute atomic E-state index is 0.0426. The Morgan fingerprint density at radius 2 is 1.70 bits per heavy atom. The fourth-order valence-electron chi connectivity index (χ4n) is 6.25. The molecule has 5 rings (SSSR count). The number of piperidine rings is 1. The predicted molar refractivity (Wildman–Crippen MR) is 140 cm³/mol. The lowest BCUT2D eigenvalue weighted by Crippen LogP contribution is -2.51. The summed E-state index contributed by atoms with van der Waals surface area (Å²) < 4.78 is 101. The van der Waals surface area contributed by atoms with Gasteiger partial charge < -0.3 is 19.4 Å². The standard InChI is InChI=1S/C29H29F7N4O3/c1-15-8-21(30)4-5-22(15)25-23-13-39(26-37-24(41)14-43-26)12-17(23)6-7-40(25)27(42)38(3)16(2)18-9-19(28(31,32)33)11-20(10-18)29(34,35)36/h4-5,8-11,16-17,23,25H,6-7,12-14H2,1-3H3/t16-,17-,23-,25+/m1/s1. The monoisotopic (exact) mass is 614 g/mol. The lowest BCUT2D eigenvalue weighted by molar-refractivity contribution is -0.143. The number of hydrogen-bond acceptors (Lipinski definition) is 4. The summed E-state index contributed by atoms with van der Waals surface area (Å²) in [6.07, 6.45) is -9.52. The van der Waals surface area contributed by atoms with Crippen LogP contribution in [-0.2, 0) is 21.9 Å².